The van der Waals surface area contributed by atoms with Gasteiger partial charge in [-0.3, -0.25) is 9.79 Å². The van der Waals surface area contributed by atoms with Crippen molar-refractivity contribution in [1.82, 2.24) is 9.80 Å². The first-order chi connectivity index (χ1) is 12.6. The summed E-state index contributed by atoms with van der Waals surface area (Å²) < 4.78 is 0. The van der Waals surface area contributed by atoms with E-state index >= 15 is 0 Å². The number of guanidine groups is 1. The van der Waals surface area contributed by atoms with Crippen molar-refractivity contribution in [3.63, 3.8) is 0 Å². The van der Waals surface area contributed by atoms with Crippen LogP contribution in [0.25, 0.3) is 0 Å². The molecule has 3 rings (SSSR count). The van der Waals surface area contributed by atoms with Crippen molar-refractivity contribution in [1.29, 1.82) is 0 Å². The Morgan fingerprint density at radius 2 is 1.69 bits per heavy atom. The highest BCUT2D eigenvalue weighted by Crippen LogP contribution is 2.16. The van der Waals surface area contributed by atoms with Gasteiger partial charge in [-0.1, -0.05) is 25.1 Å². The van der Waals surface area contributed by atoms with Crippen molar-refractivity contribution >= 4 is 17.6 Å². The molecule has 0 unspecified atom stereocenters. The van der Waals surface area contributed by atoms with Gasteiger partial charge >= 0.3 is 0 Å². The number of amides is 1. The largest absolute Gasteiger partial charge is 0.370 e. The Kier molecular flexibility index (Phi) is 6.36. The molecule has 2 aliphatic rings. The number of benzene rings is 1. The van der Waals surface area contributed by atoms with E-state index in [2.05, 4.69) is 46.0 Å². The van der Waals surface area contributed by atoms with Crippen LogP contribution in [0.5, 0.6) is 0 Å². The Morgan fingerprint density at radius 1 is 1.04 bits per heavy atom. The van der Waals surface area contributed by atoms with Crippen LogP contribution in [-0.2, 0) is 4.79 Å². The number of piperidine rings is 1. The van der Waals surface area contributed by atoms with Gasteiger partial charge in [-0.2, -0.15) is 0 Å². The summed E-state index contributed by atoms with van der Waals surface area (Å²) in [5.74, 6) is 1.55. The molecule has 2 fully saturated rings. The maximum absolute atomic E-state index is 12.4. The minimum Gasteiger partial charge on any atom is -0.370 e. The van der Waals surface area contributed by atoms with E-state index in [9.17, 15) is 4.79 Å². The van der Waals surface area contributed by atoms with Crippen LogP contribution < -0.4 is 10.6 Å². The van der Waals surface area contributed by atoms with E-state index in [4.69, 9.17) is 5.73 Å². The van der Waals surface area contributed by atoms with Gasteiger partial charge in [0, 0.05) is 51.4 Å². The molecule has 2 heterocycles. The molecule has 0 atom stereocenters. The number of anilines is 1. The highest BCUT2D eigenvalue weighted by Gasteiger charge is 2.21. The van der Waals surface area contributed by atoms with Crippen molar-refractivity contribution in [3.8, 4) is 0 Å². The average molecular weight is 358 g/mol. The van der Waals surface area contributed by atoms with Crippen molar-refractivity contribution in [2.75, 3.05) is 50.7 Å². The monoisotopic (exact) mass is 357 g/mol. The first-order valence-electron chi connectivity index (χ1n) is 9.76. The molecule has 0 spiro atoms. The van der Waals surface area contributed by atoms with Crippen LogP contribution in [0.3, 0.4) is 0 Å². The average Bonchev–Trinajstić information content (AvgIpc) is 2.69. The number of nitrogens with two attached hydrogens (primary N) is 1. The van der Waals surface area contributed by atoms with E-state index in [-0.39, 0.29) is 5.91 Å². The minimum absolute atomic E-state index is 0.182. The van der Waals surface area contributed by atoms with E-state index < -0.39 is 0 Å². The number of likely N-dealkylation sites (tertiary alicyclic amines) is 1. The quantitative estimate of drug-likeness (QED) is 0.659. The normalized spacial score (nSPS) is 19.7. The molecular weight excluding hydrogens is 326 g/mol. The summed E-state index contributed by atoms with van der Waals surface area (Å²) in [4.78, 5) is 23.3. The first kappa shape index (κ1) is 18.5. The van der Waals surface area contributed by atoms with Gasteiger partial charge in [-0.25, -0.2) is 0 Å². The summed E-state index contributed by atoms with van der Waals surface area (Å²) in [6, 6.07) is 10.4. The van der Waals surface area contributed by atoms with Crippen LogP contribution in [0.2, 0.25) is 0 Å². The second kappa shape index (κ2) is 8.92. The molecule has 2 saturated heterocycles. The lowest BCUT2D eigenvalue weighted by molar-refractivity contribution is -0.131. The fraction of sp³-hybridized carbons (Fsp3) is 0.600. The number of piperazine rings is 1. The lowest BCUT2D eigenvalue weighted by Crippen LogP contribution is -2.49. The van der Waals surface area contributed by atoms with E-state index in [1.54, 1.807) is 0 Å². The molecule has 1 amide bonds. The van der Waals surface area contributed by atoms with E-state index in [1.807, 2.05) is 11.0 Å². The number of aliphatic imine (C=N–C) groups is 1. The zero-order valence-electron chi connectivity index (χ0n) is 15.8. The van der Waals surface area contributed by atoms with Gasteiger partial charge in [0.25, 0.3) is 0 Å². The lowest BCUT2D eigenvalue weighted by atomic mass is 10.00. The molecule has 142 valence electrons. The summed E-state index contributed by atoms with van der Waals surface area (Å²) in [6.45, 7) is 8.03. The maximum Gasteiger partial charge on any atom is 0.224 e. The van der Waals surface area contributed by atoms with E-state index in [1.165, 1.54) is 18.5 Å². The number of para-hydroxylation sites is 1. The molecule has 6 heteroatoms. The number of carbonyl (C=O) groups is 1. The highest BCUT2D eigenvalue weighted by molar-refractivity contribution is 5.80. The van der Waals surface area contributed by atoms with Gasteiger partial charge in [0.1, 0.15) is 0 Å². The Hall–Kier alpha value is -2.24. The summed E-state index contributed by atoms with van der Waals surface area (Å²) in [5.41, 5.74) is 7.31. The van der Waals surface area contributed by atoms with Crippen LogP contribution in [0, 0.1) is 5.92 Å². The molecular formula is C20H31N5O. The predicted octanol–water partition coefficient (Wildman–Crippen LogP) is 1.77. The number of hydrogen-bond donors (Lipinski definition) is 1. The number of carbonyl (C=O) groups excluding carboxylic acids is 1. The number of nitrogens with zero attached hydrogens (tertiary/aromatic N) is 4. The zero-order chi connectivity index (χ0) is 18.4. The highest BCUT2D eigenvalue weighted by atomic mass is 16.2. The smallest absolute Gasteiger partial charge is 0.224 e. The number of rotatable bonds is 4. The Balaban J connectivity index is 1.40. The third-order valence-electron chi connectivity index (χ3n) is 5.46. The van der Waals surface area contributed by atoms with Gasteiger partial charge in [-0.15, -0.1) is 0 Å². The molecule has 1 aromatic rings. The third kappa shape index (κ3) is 4.90. The standard InChI is InChI=1S/C20H31N5O/c1-17-8-11-25(12-9-17)20(21)22-10-7-19(26)24-15-13-23(14-16-24)18-5-3-2-4-6-18/h2-6,17H,7-16H2,1H3,(H2,21,22). The van der Waals surface area contributed by atoms with Crippen LogP contribution in [-0.4, -0.2) is 67.5 Å². The molecule has 0 saturated carbocycles. The SMILES string of the molecule is CC1CCN(C(N)=NCCC(=O)N2CCN(c3ccccc3)CC2)CC1. The topological polar surface area (TPSA) is 65.2 Å². The van der Waals surface area contributed by atoms with E-state index in [0.717, 1.165) is 45.2 Å². The molecule has 26 heavy (non-hydrogen) atoms. The minimum atomic E-state index is 0.182. The molecule has 2 N–H and O–H groups in total. The Morgan fingerprint density at radius 3 is 2.35 bits per heavy atom. The number of hydrogen-bond acceptors (Lipinski definition) is 3. The molecule has 0 aliphatic carbocycles. The zero-order valence-corrected chi connectivity index (χ0v) is 15.8. The van der Waals surface area contributed by atoms with Gasteiger partial charge in [0.05, 0.1) is 6.54 Å². The summed E-state index contributed by atoms with van der Waals surface area (Å²) in [5, 5.41) is 0. The summed E-state index contributed by atoms with van der Waals surface area (Å²) in [7, 11) is 0. The van der Waals surface area contributed by atoms with Gasteiger partial charge < -0.3 is 20.4 Å². The van der Waals surface area contributed by atoms with Crippen molar-refractivity contribution in [3.05, 3.63) is 30.3 Å². The van der Waals surface area contributed by atoms with Crippen LogP contribution >= 0.6 is 0 Å². The van der Waals surface area contributed by atoms with Gasteiger partial charge in [0.2, 0.25) is 5.91 Å². The Bertz CT molecular complexity index is 602. The fourth-order valence-corrected chi connectivity index (χ4v) is 3.61. The van der Waals surface area contributed by atoms with E-state index in [0.29, 0.717) is 18.9 Å². The summed E-state index contributed by atoms with van der Waals surface area (Å²) >= 11 is 0. The second-order valence-corrected chi connectivity index (χ2v) is 7.36. The van der Waals surface area contributed by atoms with Crippen molar-refractivity contribution < 1.29 is 4.79 Å². The molecule has 2 aliphatic heterocycles. The maximum atomic E-state index is 12.4. The molecule has 0 radical (unpaired) electrons. The molecule has 1 aromatic carbocycles. The van der Waals surface area contributed by atoms with Crippen molar-refractivity contribution in [2.45, 2.75) is 26.2 Å². The van der Waals surface area contributed by atoms with Crippen LogP contribution in [0.15, 0.2) is 35.3 Å². The first-order valence-corrected chi connectivity index (χ1v) is 9.76. The summed E-state index contributed by atoms with van der Waals surface area (Å²) in [6.07, 6.45) is 2.78. The molecule has 0 aromatic heterocycles. The second-order valence-electron chi connectivity index (χ2n) is 7.36. The van der Waals surface area contributed by atoms with Crippen LogP contribution in [0.1, 0.15) is 26.2 Å². The van der Waals surface area contributed by atoms with Gasteiger partial charge in [0.15, 0.2) is 5.96 Å². The van der Waals surface area contributed by atoms with Crippen molar-refractivity contribution in [2.24, 2.45) is 16.6 Å². The van der Waals surface area contributed by atoms with Gasteiger partial charge in [-0.05, 0) is 30.9 Å². The fourth-order valence-electron chi connectivity index (χ4n) is 3.61. The predicted molar refractivity (Wildman–Crippen MR) is 106 cm³/mol. The Labute approximate surface area is 156 Å². The third-order valence-corrected chi connectivity index (χ3v) is 5.46. The van der Waals surface area contributed by atoms with Crippen LogP contribution in [0.4, 0.5) is 5.69 Å². The lowest BCUT2D eigenvalue weighted by Gasteiger charge is -2.36. The molecule has 0 bridgehead atoms. The molecule has 6 nitrogen and oxygen atoms in total.